The minimum Gasteiger partial charge on any atom is -0.380 e. The van der Waals surface area contributed by atoms with Crippen molar-refractivity contribution < 1.29 is 9.84 Å². The van der Waals surface area contributed by atoms with Crippen LogP contribution >= 0.6 is 0 Å². The lowest BCUT2D eigenvalue weighted by Crippen LogP contribution is -2.04. The number of hydrogen-bond acceptors (Lipinski definition) is 2. The van der Waals surface area contributed by atoms with E-state index in [2.05, 4.69) is 5.92 Å². The molecule has 0 aliphatic rings. The summed E-state index contributed by atoms with van der Waals surface area (Å²) >= 11 is 0. The summed E-state index contributed by atoms with van der Waals surface area (Å²) in [6.45, 7) is 1.25. The molecule has 1 aromatic rings. The molecule has 0 aliphatic heterocycles. The van der Waals surface area contributed by atoms with Crippen molar-refractivity contribution in [2.45, 2.75) is 25.6 Å². The van der Waals surface area contributed by atoms with E-state index in [9.17, 15) is 0 Å². The zero-order valence-electron chi connectivity index (χ0n) is 8.73. The number of ether oxygens (including phenoxy) is 1. The van der Waals surface area contributed by atoms with Gasteiger partial charge in [0.1, 0.15) is 6.10 Å². The average Bonchev–Trinajstić information content (AvgIpc) is 2.29. The lowest BCUT2D eigenvalue weighted by molar-refractivity contribution is 0.107. The Hall–Kier alpha value is -1.30. The van der Waals surface area contributed by atoms with Crippen molar-refractivity contribution in [2.75, 3.05) is 6.61 Å². The first-order valence-electron chi connectivity index (χ1n) is 5.09. The summed E-state index contributed by atoms with van der Waals surface area (Å²) in [6, 6.07) is 10.0. The lowest BCUT2D eigenvalue weighted by atomic mass is 10.2. The zero-order chi connectivity index (χ0) is 10.9. The van der Waals surface area contributed by atoms with Gasteiger partial charge in [-0.25, -0.2) is 0 Å². The molecule has 15 heavy (non-hydrogen) atoms. The van der Waals surface area contributed by atoms with Crippen LogP contribution in [0.4, 0.5) is 0 Å². The SMILES string of the molecule is C#C[C@@H](O)CCCOCc1ccccc1. The predicted octanol–water partition coefficient (Wildman–Crippen LogP) is 1.98. The Labute approximate surface area is 90.9 Å². The van der Waals surface area contributed by atoms with Crippen LogP contribution < -0.4 is 0 Å². The fourth-order valence-electron chi connectivity index (χ4n) is 1.23. The van der Waals surface area contributed by atoms with Crippen molar-refractivity contribution in [1.29, 1.82) is 0 Å². The van der Waals surface area contributed by atoms with Crippen LogP contribution in [0.2, 0.25) is 0 Å². The van der Waals surface area contributed by atoms with Gasteiger partial charge in [0.2, 0.25) is 0 Å². The topological polar surface area (TPSA) is 29.5 Å². The normalized spacial score (nSPS) is 12.0. The van der Waals surface area contributed by atoms with Crippen LogP contribution in [0, 0.1) is 12.3 Å². The number of benzene rings is 1. The van der Waals surface area contributed by atoms with Crippen molar-refractivity contribution >= 4 is 0 Å². The summed E-state index contributed by atoms with van der Waals surface area (Å²) in [6.07, 6.45) is 5.80. The van der Waals surface area contributed by atoms with E-state index < -0.39 is 6.10 Å². The molecule has 1 atom stereocenters. The first kappa shape index (κ1) is 11.8. The molecule has 0 radical (unpaired) electrons. The summed E-state index contributed by atoms with van der Waals surface area (Å²) in [7, 11) is 0. The minimum atomic E-state index is -0.634. The van der Waals surface area contributed by atoms with Crippen molar-refractivity contribution in [1.82, 2.24) is 0 Å². The Balaban J connectivity index is 2.06. The van der Waals surface area contributed by atoms with E-state index in [1.807, 2.05) is 30.3 Å². The van der Waals surface area contributed by atoms with Gasteiger partial charge < -0.3 is 9.84 Å². The molecule has 0 unspecified atom stereocenters. The molecule has 0 aliphatic carbocycles. The van der Waals surface area contributed by atoms with Gasteiger partial charge >= 0.3 is 0 Å². The van der Waals surface area contributed by atoms with E-state index in [1.165, 1.54) is 0 Å². The highest BCUT2D eigenvalue weighted by molar-refractivity contribution is 5.13. The van der Waals surface area contributed by atoms with Crippen LogP contribution in [0.3, 0.4) is 0 Å². The Bertz CT molecular complexity index is 300. The van der Waals surface area contributed by atoms with Gasteiger partial charge in [0, 0.05) is 6.61 Å². The maximum absolute atomic E-state index is 9.08. The molecule has 1 N–H and O–H groups in total. The lowest BCUT2D eigenvalue weighted by Gasteiger charge is -2.05. The summed E-state index contributed by atoms with van der Waals surface area (Å²) in [4.78, 5) is 0. The molecule has 80 valence electrons. The second kappa shape index (κ2) is 7.05. The molecular formula is C13H16O2. The first-order valence-corrected chi connectivity index (χ1v) is 5.09. The van der Waals surface area contributed by atoms with Gasteiger partial charge in [-0.1, -0.05) is 36.3 Å². The molecule has 2 nitrogen and oxygen atoms in total. The maximum Gasteiger partial charge on any atom is 0.114 e. The molecule has 1 aromatic carbocycles. The van der Waals surface area contributed by atoms with Gasteiger partial charge in [-0.05, 0) is 18.4 Å². The van der Waals surface area contributed by atoms with Crippen molar-refractivity contribution in [2.24, 2.45) is 0 Å². The van der Waals surface area contributed by atoms with Gasteiger partial charge in [0.15, 0.2) is 0 Å². The number of hydrogen-bond donors (Lipinski definition) is 1. The zero-order valence-corrected chi connectivity index (χ0v) is 8.73. The second-order valence-corrected chi connectivity index (χ2v) is 3.36. The number of terminal acetylenes is 1. The highest BCUT2D eigenvalue weighted by atomic mass is 16.5. The second-order valence-electron chi connectivity index (χ2n) is 3.36. The monoisotopic (exact) mass is 204 g/mol. The summed E-state index contributed by atoms with van der Waals surface area (Å²) < 4.78 is 5.43. The Morgan fingerprint density at radius 1 is 1.33 bits per heavy atom. The highest BCUT2D eigenvalue weighted by Crippen LogP contribution is 2.02. The van der Waals surface area contributed by atoms with Crippen LogP contribution in [0.1, 0.15) is 18.4 Å². The third-order valence-electron chi connectivity index (χ3n) is 2.07. The summed E-state index contributed by atoms with van der Waals surface area (Å²) in [5.41, 5.74) is 1.16. The molecule has 0 saturated heterocycles. The van der Waals surface area contributed by atoms with Crippen LogP contribution in [-0.4, -0.2) is 17.8 Å². The van der Waals surface area contributed by atoms with E-state index in [0.717, 1.165) is 12.0 Å². The van der Waals surface area contributed by atoms with Crippen LogP contribution in [0.15, 0.2) is 30.3 Å². The van der Waals surface area contributed by atoms with Crippen LogP contribution in [0.25, 0.3) is 0 Å². The number of rotatable bonds is 6. The Kier molecular flexibility index (Phi) is 5.54. The predicted molar refractivity (Wildman–Crippen MR) is 60.2 cm³/mol. The van der Waals surface area contributed by atoms with Crippen molar-refractivity contribution in [3.63, 3.8) is 0 Å². The van der Waals surface area contributed by atoms with E-state index in [0.29, 0.717) is 19.6 Å². The van der Waals surface area contributed by atoms with E-state index >= 15 is 0 Å². The fraction of sp³-hybridized carbons (Fsp3) is 0.385. The molecule has 0 spiro atoms. The summed E-state index contributed by atoms with van der Waals surface area (Å²) in [5, 5.41) is 9.08. The molecule has 0 bridgehead atoms. The van der Waals surface area contributed by atoms with Crippen LogP contribution in [-0.2, 0) is 11.3 Å². The first-order chi connectivity index (χ1) is 7.33. The van der Waals surface area contributed by atoms with Gasteiger partial charge in [-0.15, -0.1) is 6.42 Å². The maximum atomic E-state index is 9.08. The third-order valence-corrected chi connectivity index (χ3v) is 2.07. The molecule has 0 fully saturated rings. The van der Waals surface area contributed by atoms with E-state index in [1.54, 1.807) is 0 Å². The highest BCUT2D eigenvalue weighted by Gasteiger charge is 1.98. The molecule has 0 amide bonds. The standard InChI is InChI=1S/C13H16O2/c1-2-13(14)9-6-10-15-11-12-7-4-3-5-8-12/h1,3-5,7-8,13-14H,6,9-11H2/t13-/m1/s1. The van der Waals surface area contributed by atoms with Gasteiger partial charge in [-0.2, -0.15) is 0 Å². The summed E-state index contributed by atoms with van der Waals surface area (Å²) in [5.74, 6) is 2.27. The molecule has 2 heteroatoms. The van der Waals surface area contributed by atoms with E-state index in [4.69, 9.17) is 16.3 Å². The van der Waals surface area contributed by atoms with Crippen molar-refractivity contribution in [3.8, 4) is 12.3 Å². The quantitative estimate of drug-likeness (QED) is 0.567. The van der Waals surface area contributed by atoms with Crippen molar-refractivity contribution in [3.05, 3.63) is 35.9 Å². The number of aliphatic hydroxyl groups excluding tert-OH is 1. The largest absolute Gasteiger partial charge is 0.380 e. The average molecular weight is 204 g/mol. The number of aliphatic hydroxyl groups is 1. The van der Waals surface area contributed by atoms with Crippen LogP contribution in [0.5, 0.6) is 0 Å². The molecule has 1 rings (SSSR count). The Morgan fingerprint density at radius 2 is 2.07 bits per heavy atom. The Morgan fingerprint density at radius 3 is 2.73 bits per heavy atom. The molecule has 0 heterocycles. The molecular weight excluding hydrogens is 188 g/mol. The molecule has 0 saturated carbocycles. The fourth-order valence-corrected chi connectivity index (χ4v) is 1.23. The van der Waals surface area contributed by atoms with Gasteiger partial charge in [0.25, 0.3) is 0 Å². The minimum absolute atomic E-state index is 0.602. The van der Waals surface area contributed by atoms with Gasteiger partial charge in [0.05, 0.1) is 6.61 Å². The third kappa shape index (κ3) is 5.21. The van der Waals surface area contributed by atoms with E-state index in [-0.39, 0.29) is 0 Å². The van der Waals surface area contributed by atoms with Gasteiger partial charge in [-0.3, -0.25) is 0 Å². The smallest absolute Gasteiger partial charge is 0.114 e. The molecule has 0 aromatic heterocycles.